The van der Waals surface area contributed by atoms with E-state index in [0.29, 0.717) is 11.5 Å². The largest absolute Gasteiger partial charge is 0.495 e. The zero-order valence-corrected chi connectivity index (χ0v) is 14.2. The first-order chi connectivity index (χ1) is 9.60. The molecule has 0 aliphatic carbocycles. The molecule has 0 amide bonds. The Hall–Kier alpha value is -1.11. The van der Waals surface area contributed by atoms with E-state index in [0.717, 1.165) is 20.2 Å². The van der Waals surface area contributed by atoms with Crippen LogP contribution in [0.4, 0.5) is 0 Å². The zero-order valence-electron chi connectivity index (χ0n) is 11.1. The number of hydrogen-bond acceptors (Lipinski definition) is 4. The van der Waals surface area contributed by atoms with Gasteiger partial charge >= 0.3 is 0 Å². The SMILES string of the molecule is COc1ccc(C(N)c2ncccc2Br)c(OC)c1Br. The van der Waals surface area contributed by atoms with E-state index < -0.39 is 6.04 Å². The Morgan fingerprint density at radius 3 is 2.50 bits per heavy atom. The van der Waals surface area contributed by atoms with Gasteiger partial charge in [0.2, 0.25) is 0 Å². The second-order valence-electron chi connectivity index (χ2n) is 4.05. The van der Waals surface area contributed by atoms with Gasteiger partial charge < -0.3 is 15.2 Å². The van der Waals surface area contributed by atoms with Crippen LogP contribution in [-0.2, 0) is 0 Å². The van der Waals surface area contributed by atoms with Gasteiger partial charge in [0, 0.05) is 16.2 Å². The fourth-order valence-electron chi connectivity index (χ4n) is 1.94. The van der Waals surface area contributed by atoms with Gasteiger partial charge in [-0.3, -0.25) is 4.98 Å². The Morgan fingerprint density at radius 1 is 1.15 bits per heavy atom. The van der Waals surface area contributed by atoms with Crippen molar-refractivity contribution < 1.29 is 9.47 Å². The number of halogens is 2. The molecular weight excluding hydrogens is 388 g/mol. The normalized spacial score (nSPS) is 12.1. The van der Waals surface area contributed by atoms with Gasteiger partial charge in [0.25, 0.3) is 0 Å². The van der Waals surface area contributed by atoms with Gasteiger partial charge in [0.15, 0.2) is 0 Å². The molecule has 0 radical (unpaired) electrons. The highest BCUT2D eigenvalue weighted by Gasteiger charge is 2.21. The van der Waals surface area contributed by atoms with E-state index in [-0.39, 0.29) is 0 Å². The van der Waals surface area contributed by atoms with Crippen LogP contribution in [0.5, 0.6) is 11.5 Å². The Balaban J connectivity index is 2.53. The third kappa shape index (κ3) is 2.82. The van der Waals surface area contributed by atoms with Crippen LogP contribution in [0.1, 0.15) is 17.3 Å². The minimum atomic E-state index is -0.400. The lowest BCUT2D eigenvalue weighted by molar-refractivity contribution is 0.385. The van der Waals surface area contributed by atoms with Crippen LogP contribution in [0, 0.1) is 0 Å². The summed E-state index contributed by atoms with van der Waals surface area (Å²) >= 11 is 6.94. The van der Waals surface area contributed by atoms with Crippen LogP contribution >= 0.6 is 31.9 Å². The summed E-state index contributed by atoms with van der Waals surface area (Å²) in [6.45, 7) is 0. The molecule has 20 heavy (non-hydrogen) atoms. The summed E-state index contributed by atoms with van der Waals surface area (Å²) in [5.74, 6) is 1.34. The van der Waals surface area contributed by atoms with Crippen LogP contribution in [-0.4, -0.2) is 19.2 Å². The van der Waals surface area contributed by atoms with Gasteiger partial charge in [-0.2, -0.15) is 0 Å². The average Bonchev–Trinajstić information content (AvgIpc) is 2.46. The van der Waals surface area contributed by atoms with Gasteiger partial charge in [-0.15, -0.1) is 0 Å². The Bertz CT molecular complexity index is 620. The molecule has 0 saturated heterocycles. The Labute approximate surface area is 134 Å². The third-order valence-electron chi connectivity index (χ3n) is 2.93. The van der Waals surface area contributed by atoms with Crippen molar-refractivity contribution in [2.45, 2.75) is 6.04 Å². The standard InChI is InChI=1S/C14H14Br2N2O2/c1-19-10-6-5-8(14(20-2)11(10)16)12(17)13-9(15)4-3-7-18-13/h3-7,12H,17H2,1-2H3. The van der Waals surface area contributed by atoms with Crippen LogP contribution in [0.3, 0.4) is 0 Å². The Kier molecular flexibility index (Phi) is 5.01. The van der Waals surface area contributed by atoms with E-state index in [9.17, 15) is 0 Å². The molecule has 0 bridgehead atoms. The quantitative estimate of drug-likeness (QED) is 0.848. The molecule has 0 spiro atoms. The molecule has 1 aromatic heterocycles. The summed E-state index contributed by atoms with van der Waals surface area (Å²) in [6.07, 6.45) is 1.71. The smallest absolute Gasteiger partial charge is 0.141 e. The summed E-state index contributed by atoms with van der Waals surface area (Å²) in [6, 6.07) is 7.09. The van der Waals surface area contributed by atoms with Gasteiger partial charge in [-0.05, 0) is 56.1 Å². The molecule has 2 aromatic rings. The molecule has 1 heterocycles. The van der Waals surface area contributed by atoms with Crippen molar-refractivity contribution in [3.63, 3.8) is 0 Å². The van der Waals surface area contributed by atoms with Gasteiger partial charge in [-0.1, -0.05) is 0 Å². The third-order valence-corrected chi connectivity index (χ3v) is 4.35. The van der Waals surface area contributed by atoms with Crippen LogP contribution in [0.2, 0.25) is 0 Å². The van der Waals surface area contributed by atoms with Crippen molar-refractivity contribution in [2.75, 3.05) is 14.2 Å². The highest BCUT2D eigenvalue weighted by Crippen LogP contribution is 2.41. The molecule has 4 nitrogen and oxygen atoms in total. The lowest BCUT2D eigenvalue weighted by Gasteiger charge is -2.18. The van der Waals surface area contributed by atoms with Crippen LogP contribution < -0.4 is 15.2 Å². The fraction of sp³-hybridized carbons (Fsp3) is 0.214. The topological polar surface area (TPSA) is 57.4 Å². The molecule has 0 fully saturated rings. The van der Waals surface area contributed by atoms with Crippen molar-refractivity contribution in [1.82, 2.24) is 4.98 Å². The second kappa shape index (κ2) is 6.56. The van der Waals surface area contributed by atoms with Crippen molar-refractivity contribution >= 4 is 31.9 Å². The predicted octanol–water partition coefficient (Wildman–Crippen LogP) is 3.67. The number of hydrogen-bond donors (Lipinski definition) is 1. The first-order valence-corrected chi connectivity index (χ1v) is 7.45. The molecule has 0 aliphatic rings. The van der Waals surface area contributed by atoms with Crippen LogP contribution in [0.15, 0.2) is 39.4 Å². The van der Waals surface area contributed by atoms with Gasteiger partial charge in [0.05, 0.1) is 26.0 Å². The highest BCUT2D eigenvalue weighted by molar-refractivity contribution is 9.11. The lowest BCUT2D eigenvalue weighted by atomic mass is 10.0. The van der Waals surface area contributed by atoms with Crippen LogP contribution in [0.25, 0.3) is 0 Å². The monoisotopic (exact) mass is 400 g/mol. The van der Waals surface area contributed by atoms with Crippen molar-refractivity contribution in [2.24, 2.45) is 5.73 Å². The number of pyridine rings is 1. The molecule has 1 aromatic carbocycles. The van der Waals surface area contributed by atoms with E-state index in [1.54, 1.807) is 20.4 Å². The minimum absolute atomic E-state index is 0.400. The fourth-order valence-corrected chi connectivity index (χ4v) is 3.12. The number of aromatic nitrogens is 1. The Morgan fingerprint density at radius 2 is 1.90 bits per heavy atom. The summed E-state index contributed by atoms with van der Waals surface area (Å²) < 4.78 is 12.3. The number of benzene rings is 1. The van der Waals surface area contributed by atoms with E-state index in [1.165, 1.54) is 0 Å². The second-order valence-corrected chi connectivity index (χ2v) is 5.70. The molecule has 0 saturated carbocycles. The van der Waals surface area contributed by atoms with E-state index in [4.69, 9.17) is 15.2 Å². The summed E-state index contributed by atoms with van der Waals surface area (Å²) in [4.78, 5) is 4.33. The van der Waals surface area contributed by atoms with Gasteiger partial charge in [-0.25, -0.2) is 0 Å². The molecule has 6 heteroatoms. The molecule has 0 aliphatic heterocycles. The highest BCUT2D eigenvalue weighted by atomic mass is 79.9. The summed E-state index contributed by atoms with van der Waals surface area (Å²) in [5, 5.41) is 0. The molecule has 106 valence electrons. The minimum Gasteiger partial charge on any atom is -0.495 e. The molecular formula is C14H14Br2N2O2. The molecule has 2 rings (SSSR count). The molecule has 1 unspecified atom stereocenters. The maximum Gasteiger partial charge on any atom is 0.141 e. The number of nitrogens with two attached hydrogens (primary N) is 1. The van der Waals surface area contributed by atoms with Crippen molar-refractivity contribution in [1.29, 1.82) is 0 Å². The average molecular weight is 402 g/mol. The molecule has 1 atom stereocenters. The first kappa shape index (κ1) is 15.3. The summed E-state index contributed by atoms with van der Waals surface area (Å²) in [7, 11) is 3.21. The number of nitrogens with zero attached hydrogens (tertiary/aromatic N) is 1. The summed E-state index contributed by atoms with van der Waals surface area (Å²) in [5.41, 5.74) is 7.91. The molecule has 2 N–H and O–H groups in total. The first-order valence-electron chi connectivity index (χ1n) is 5.86. The van der Waals surface area contributed by atoms with Crippen molar-refractivity contribution in [3.8, 4) is 11.5 Å². The van der Waals surface area contributed by atoms with E-state index in [1.807, 2.05) is 24.3 Å². The maximum atomic E-state index is 6.32. The van der Waals surface area contributed by atoms with E-state index >= 15 is 0 Å². The predicted molar refractivity (Wildman–Crippen MR) is 85.2 cm³/mol. The van der Waals surface area contributed by atoms with E-state index in [2.05, 4.69) is 36.8 Å². The number of rotatable bonds is 4. The maximum absolute atomic E-state index is 6.32. The number of ether oxygens (including phenoxy) is 2. The van der Waals surface area contributed by atoms with Crippen molar-refractivity contribution in [3.05, 3.63) is 50.7 Å². The number of methoxy groups -OCH3 is 2. The zero-order chi connectivity index (χ0) is 14.7. The lowest BCUT2D eigenvalue weighted by Crippen LogP contribution is -2.15. The van der Waals surface area contributed by atoms with Gasteiger partial charge in [0.1, 0.15) is 16.0 Å².